The SMILES string of the molecule is CC[C@H]1CCc2sc(C(=O)OCc3nc(N)nc(Nc4ccc(C)cc4)n3)cc2C1. The molecule has 3 aromatic rings. The van der Waals surface area contributed by atoms with Crippen LogP contribution in [0.15, 0.2) is 30.3 Å². The summed E-state index contributed by atoms with van der Waals surface area (Å²) < 4.78 is 5.46. The van der Waals surface area contributed by atoms with Gasteiger partial charge >= 0.3 is 5.97 Å². The first-order chi connectivity index (χ1) is 14.5. The van der Waals surface area contributed by atoms with Gasteiger partial charge in [-0.05, 0) is 55.9 Å². The number of nitrogen functional groups attached to an aromatic ring is 1. The summed E-state index contributed by atoms with van der Waals surface area (Å²) in [5.41, 5.74) is 9.09. The van der Waals surface area contributed by atoms with Crippen molar-refractivity contribution in [1.82, 2.24) is 15.0 Å². The van der Waals surface area contributed by atoms with Gasteiger partial charge in [-0.15, -0.1) is 11.3 Å². The number of esters is 1. The molecule has 30 heavy (non-hydrogen) atoms. The van der Waals surface area contributed by atoms with Crippen molar-refractivity contribution in [3.63, 3.8) is 0 Å². The van der Waals surface area contributed by atoms with Gasteiger partial charge < -0.3 is 15.8 Å². The molecule has 0 aliphatic heterocycles. The van der Waals surface area contributed by atoms with E-state index in [1.807, 2.05) is 37.3 Å². The Hall–Kier alpha value is -3.00. The summed E-state index contributed by atoms with van der Waals surface area (Å²) in [4.78, 5) is 27.0. The second kappa shape index (κ2) is 8.79. The van der Waals surface area contributed by atoms with Crippen molar-refractivity contribution in [1.29, 1.82) is 0 Å². The Morgan fingerprint density at radius 2 is 2.07 bits per heavy atom. The molecule has 2 heterocycles. The van der Waals surface area contributed by atoms with Gasteiger partial charge in [-0.3, -0.25) is 0 Å². The summed E-state index contributed by atoms with van der Waals surface area (Å²) in [7, 11) is 0. The van der Waals surface area contributed by atoms with Crippen LogP contribution in [0.25, 0.3) is 0 Å². The van der Waals surface area contributed by atoms with E-state index in [-0.39, 0.29) is 18.5 Å². The molecule has 0 fully saturated rings. The van der Waals surface area contributed by atoms with Gasteiger partial charge in [-0.2, -0.15) is 15.0 Å². The topological polar surface area (TPSA) is 103 Å². The van der Waals surface area contributed by atoms with Gasteiger partial charge in [0.15, 0.2) is 12.4 Å². The van der Waals surface area contributed by atoms with Crippen LogP contribution in [0.1, 0.15) is 51.3 Å². The van der Waals surface area contributed by atoms with Crippen LogP contribution < -0.4 is 11.1 Å². The lowest BCUT2D eigenvalue weighted by Gasteiger charge is -2.19. The Balaban J connectivity index is 1.41. The second-order valence-corrected chi connectivity index (χ2v) is 8.71. The highest BCUT2D eigenvalue weighted by Gasteiger charge is 2.22. The predicted molar refractivity (Wildman–Crippen MR) is 118 cm³/mol. The Kier molecular flexibility index (Phi) is 5.94. The molecular formula is C22H25N5O2S. The summed E-state index contributed by atoms with van der Waals surface area (Å²) in [6.45, 7) is 4.18. The standard InChI is InChI=1S/C22H25N5O2S/c1-3-14-6-9-17-15(10-14)11-18(30-17)20(28)29-12-19-25-21(23)27-22(26-19)24-16-7-4-13(2)5-8-16/h4-5,7-8,11,14H,3,6,9-10,12H2,1-2H3,(H3,23,24,25,26,27)/t14-/m0/s1. The average Bonchev–Trinajstić information content (AvgIpc) is 3.16. The van der Waals surface area contributed by atoms with Crippen LogP contribution in [0.3, 0.4) is 0 Å². The van der Waals surface area contributed by atoms with Crippen molar-refractivity contribution in [3.05, 3.63) is 57.0 Å². The summed E-state index contributed by atoms with van der Waals surface area (Å²) >= 11 is 1.54. The fraction of sp³-hybridized carbons (Fsp3) is 0.364. The van der Waals surface area contributed by atoms with Gasteiger partial charge in [0.05, 0.1) is 0 Å². The molecule has 0 unspecified atom stereocenters. The molecule has 2 aromatic heterocycles. The molecule has 0 saturated carbocycles. The zero-order chi connectivity index (χ0) is 21.1. The number of benzene rings is 1. The van der Waals surface area contributed by atoms with Crippen LogP contribution in [-0.4, -0.2) is 20.9 Å². The molecule has 0 saturated heterocycles. The van der Waals surface area contributed by atoms with Crippen molar-refractivity contribution >= 4 is 34.9 Å². The highest BCUT2D eigenvalue weighted by molar-refractivity contribution is 7.14. The van der Waals surface area contributed by atoms with Crippen molar-refractivity contribution in [2.75, 3.05) is 11.1 Å². The van der Waals surface area contributed by atoms with Crippen molar-refractivity contribution in [2.24, 2.45) is 5.92 Å². The Bertz CT molecular complexity index is 1050. The van der Waals surface area contributed by atoms with E-state index in [9.17, 15) is 4.79 Å². The summed E-state index contributed by atoms with van der Waals surface area (Å²) in [5.74, 6) is 1.05. The highest BCUT2D eigenvalue weighted by atomic mass is 32.1. The van der Waals surface area contributed by atoms with Gasteiger partial charge in [0.1, 0.15) is 4.88 Å². The molecule has 1 aliphatic carbocycles. The number of ether oxygens (including phenoxy) is 1. The fourth-order valence-corrected chi connectivity index (χ4v) is 4.68. The monoisotopic (exact) mass is 423 g/mol. The zero-order valence-electron chi connectivity index (χ0n) is 17.1. The van der Waals surface area contributed by atoms with Crippen molar-refractivity contribution in [2.45, 2.75) is 46.1 Å². The number of anilines is 3. The van der Waals surface area contributed by atoms with Crippen molar-refractivity contribution in [3.8, 4) is 0 Å². The zero-order valence-corrected chi connectivity index (χ0v) is 18.0. The van der Waals surface area contributed by atoms with Crippen LogP contribution in [0.4, 0.5) is 17.6 Å². The minimum Gasteiger partial charge on any atom is -0.453 e. The fourth-order valence-electron chi connectivity index (χ4n) is 3.57. The third kappa shape index (κ3) is 4.76. The predicted octanol–water partition coefficient (Wildman–Crippen LogP) is 4.44. The van der Waals surface area contributed by atoms with E-state index in [1.165, 1.54) is 34.6 Å². The summed E-state index contributed by atoms with van der Waals surface area (Å²) in [6, 6.07) is 9.81. The lowest BCUT2D eigenvalue weighted by Crippen LogP contribution is -2.11. The number of nitrogens with two attached hydrogens (primary N) is 1. The molecule has 0 amide bonds. The number of aromatic nitrogens is 3. The molecule has 3 N–H and O–H groups in total. The van der Waals surface area contributed by atoms with E-state index >= 15 is 0 Å². The number of carbonyl (C=O) groups is 1. The number of nitrogens with one attached hydrogen (secondary N) is 1. The van der Waals surface area contributed by atoms with Gasteiger partial charge in [-0.1, -0.05) is 31.0 Å². The van der Waals surface area contributed by atoms with E-state index in [0.29, 0.717) is 22.6 Å². The second-order valence-electron chi connectivity index (χ2n) is 7.58. The number of nitrogens with zero attached hydrogens (tertiary/aromatic N) is 3. The Morgan fingerprint density at radius 3 is 2.83 bits per heavy atom. The number of rotatable bonds is 6. The van der Waals surface area contributed by atoms with Gasteiger partial charge in [0.25, 0.3) is 0 Å². The van der Waals surface area contributed by atoms with Gasteiger partial charge in [0.2, 0.25) is 11.9 Å². The largest absolute Gasteiger partial charge is 0.453 e. The van der Waals surface area contributed by atoms with E-state index < -0.39 is 0 Å². The molecule has 156 valence electrons. The summed E-state index contributed by atoms with van der Waals surface area (Å²) in [5, 5.41) is 3.09. The van der Waals surface area contributed by atoms with Gasteiger partial charge in [-0.25, -0.2) is 4.79 Å². The lowest BCUT2D eigenvalue weighted by molar-refractivity contribution is 0.0468. The maximum Gasteiger partial charge on any atom is 0.348 e. The van der Waals surface area contributed by atoms with Crippen LogP contribution in [-0.2, 0) is 24.2 Å². The number of hydrogen-bond acceptors (Lipinski definition) is 8. The molecule has 7 nitrogen and oxygen atoms in total. The highest BCUT2D eigenvalue weighted by Crippen LogP contribution is 2.33. The van der Waals surface area contributed by atoms with Crippen LogP contribution in [0.2, 0.25) is 0 Å². The molecule has 0 bridgehead atoms. The van der Waals surface area contributed by atoms with Crippen LogP contribution >= 0.6 is 11.3 Å². The van der Waals surface area contributed by atoms with Crippen LogP contribution in [0.5, 0.6) is 0 Å². The number of aryl methyl sites for hydroxylation is 2. The first-order valence-electron chi connectivity index (χ1n) is 10.1. The third-order valence-electron chi connectivity index (χ3n) is 5.30. The summed E-state index contributed by atoms with van der Waals surface area (Å²) in [6.07, 6.45) is 4.46. The Morgan fingerprint density at radius 1 is 1.27 bits per heavy atom. The Labute approximate surface area is 179 Å². The smallest absolute Gasteiger partial charge is 0.348 e. The van der Waals surface area contributed by atoms with Gasteiger partial charge in [0, 0.05) is 10.6 Å². The molecule has 1 aromatic carbocycles. The number of thiophene rings is 1. The number of hydrogen-bond donors (Lipinski definition) is 2. The number of carbonyl (C=O) groups excluding carboxylic acids is 1. The molecule has 1 atom stereocenters. The maximum atomic E-state index is 12.5. The maximum absolute atomic E-state index is 12.5. The molecule has 4 rings (SSSR count). The molecular weight excluding hydrogens is 398 g/mol. The van der Waals surface area contributed by atoms with Crippen LogP contribution in [0, 0.1) is 12.8 Å². The van der Waals surface area contributed by atoms with Crippen molar-refractivity contribution < 1.29 is 9.53 Å². The minimum absolute atomic E-state index is 0.0612. The first kappa shape index (κ1) is 20.3. The van der Waals surface area contributed by atoms with E-state index in [1.54, 1.807) is 0 Å². The third-order valence-corrected chi connectivity index (χ3v) is 6.52. The normalized spacial score (nSPS) is 15.5. The van der Waals surface area contributed by atoms with E-state index in [0.717, 1.165) is 24.1 Å². The molecule has 8 heteroatoms. The van der Waals surface area contributed by atoms with E-state index in [4.69, 9.17) is 10.5 Å². The first-order valence-corrected chi connectivity index (χ1v) is 10.9. The molecule has 0 radical (unpaired) electrons. The number of fused-ring (bicyclic) bond motifs is 1. The minimum atomic E-state index is -0.352. The molecule has 1 aliphatic rings. The quantitative estimate of drug-likeness (QED) is 0.565. The lowest BCUT2D eigenvalue weighted by atomic mass is 9.87. The average molecular weight is 424 g/mol. The van der Waals surface area contributed by atoms with E-state index in [2.05, 4.69) is 27.2 Å². The molecule has 0 spiro atoms.